The molecule has 2 aromatic rings. The molecule has 0 saturated carbocycles. The third-order valence-electron chi connectivity index (χ3n) is 3.50. The van der Waals surface area contributed by atoms with Gasteiger partial charge in [0.25, 0.3) is 5.91 Å². The Morgan fingerprint density at radius 1 is 1.08 bits per heavy atom. The minimum absolute atomic E-state index is 0.0212. The Kier molecular flexibility index (Phi) is 5.85. The molecule has 0 radical (unpaired) electrons. The highest BCUT2D eigenvalue weighted by Gasteiger charge is 2.14. The summed E-state index contributed by atoms with van der Waals surface area (Å²) in [6, 6.07) is 13.3. The van der Waals surface area contributed by atoms with E-state index in [9.17, 15) is 13.6 Å². The van der Waals surface area contributed by atoms with Crippen molar-refractivity contribution in [2.24, 2.45) is 5.10 Å². The van der Waals surface area contributed by atoms with Gasteiger partial charge in [0.15, 0.2) is 0 Å². The first-order chi connectivity index (χ1) is 11.8. The van der Waals surface area contributed by atoms with Gasteiger partial charge in [-0.25, -0.2) is 5.43 Å². The quantitative estimate of drug-likeness (QED) is 0.646. The van der Waals surface area contributed by atoms with Crippen molar-refractivity contribution in [3.05, 3.63) is 65.2 Å². The van der Waals surface area contributed by atoms with Gasteiger partial charge in [0.05, 0.1) is 6.21 Å². The van der Waals surface area contributed by atoms with Gasteiger partial charge in [0.2, 0.25) is 0 Å². The molecule has 0 saturated heterocycles. The number of carbonyl (C=O) groups is 1. The Hall–Kier alpha value is -2.76. The first-order valence-corrected chi connectivity index (χ1v) is 7.74. The van der Waals surface area contributed by atoms with Crippen molar-refractivity contribution in [1.29, 1.82) is 0 Å². The van der Waals surface area contributed by atoms with Gasteiger partial charge in [0, 0.05) is 5.56 Å². The zero-order chi connectivity index (χ0) is 18.4. The largest absolute Gasteiger partial charge is 0.435 e. The lowest BCUT2D eigenvalue weighted by atomic mass is 9.87. The summed E-state index contributed by atoms with van der Waals surface area (Å²) in [5, 5.41) is 3.87. The number of rotatable bonds is 5. The Morgan fingerprint density at radius 2 is 1.68 bits per heavy atom. The van der Waals surface area contributed by atoms with Crippen molar-refractivity contribution >= 4 is 12.1 Å². The van der Waals surface area contributed by atoms with E-state index in [0.29, 0.717) is 11.1 Å². The van der Waals surface area contributed by atoms with Crippen LogP contribution in [-0.2, 0) is 5.41 Å². The second-order valence-corrected chi connectivity index (χ2v) is 6.47. The van der Waals surface area contributed by atoms with E-state index in [-0.39, 0.29) is 17.1 Å². The summed E-state index contributed by atoms with van der Waals surface area (Å²) in [5.41, 5.74) is 4.74. The van der Waals surface area contributed by atoms with Crippen LogP contribution in [0, 0.1) is 0 Å². The smallest absolute Gasteiger partial charge is 0.387 e. The minimum Gasteiger partial charge on any atom is -0.435 e. The van der Waals surface area contributed by atoms with Crippen molar-refractivity contribution in [1.82, 2.24) is 5.43 Å². The van der Waals surface area contributed by atoms with Gasteiger partial charge in [-0.3, -0.25) is 4.79 Å². The van der Waals surface area contributed by atoms with E-state index in [0.717, 1.165) is 5.56 Å². The zero-order valence-corrected chi connectivity index (χ0v) is 14.3. The van der Waals surface area contributed by atoms with Gasteiger partial charge < -0.3 is 4.74 Å². The molecule has 132 valence electrons. The fourth-order valence-corrected chi connectivity index (χ4v) is 2.09. The van der Waals surface area contributed by atoms with Crippen molar-refractivity contribution in [3.63, 3.8) is 0 Å². The maximum Gasteiger partial charge on any atom is 0.387 e. The van der Waals surface area contributed by atoms with E-state index in [4.69, 9.17) is 0 Å². The summed E-state index contributed by atoms with van der Waals surface area (Å²) in [4.78, 5) is 12.0. The van der Waals surface area contributed by atoms with Gasteiger partial charge in [-0.05, 0) is 52.9 Å². The molecule has 1 amide bonds. The summed E-state index contributed by atoms with van der Waals surface area (Å²) >= 11 is 0. The van der Waals surface area contributed by atoms with Crippen LogP contribution in [-0.4, -0.2) is 18.7 Å². The molecule has 0 unspecified atom stereocenters. The lowest BCUT2D eigenvalue weighted by molar-refractivity contribution is -0.0498. The fourth-order valence-electron chi connectivity index (χ4n) is 2.09. The number of nitrogens with zero attached hydrogens (tertiary/aromatic N) is 1. The molecular formula is C19H20F2N2O2. The van der Waals surface area contributed by atoms with Crippen molar-refractivity contribution in [2.75, 3.05) is 0 Å². The zero-order valence-electron chi connectivity index (χ0n) is 14.3. The number of alkyl halides is 2. The van der Waals surface area contributed by atoms with E-state index in [2.05, 4.69) is 36.0 Å². The highest BCUT2D eigenvalue weighted by molar-refractivity contribution is 5.94. The third-order valence-corrected chi connectivity index (χ3v) is 3.50. The predicted octanol–water partition coefficient (Wildman–Crippen LogP) is 4.35. The number of carbonyl (C=O) groups excluding carboxylic acids is 1. The maximum absolute atomic E-state index is 12.1. The molecular weight excluding hydrogens is 326 g/mol. The van der Waals surface area contributed by atoms with Gasteiger partial charge >= 0.3 is 6.61 Å². The van der Waals surface area contributed by atoms with E-state index in [1.165, 1.54) is 18.3 Å². The first kappa shape index (κ1) is 18.6. The Labute approximate surface area is 145 Å². The van der Waals surface area contributed by atoms with E-state index >= 15 is 0 Å². The van der Waals surface area contributed by atoms with E-state index in [1.54, 1.807) is 24.3 Å². The van der Waals surface area contributed by atoms with Crippen LogP contribution in [0.1, 0.15) is 42.3 Å². The van der Waals surface area contributed by atoms with Gasteiger partial charge in [0.1, 0.15) is 5.75 Å². The van der Waals surface area contributed by atoms with E-state index < -0.39 is 6.61 Å². The molecule has 1 N–H and O–H groups in total. The molecule has 2 aromatic carbocycles. The number of hydrazone groups is 1. The standard InChI is InChI=1S/C19H20F2N2O2/c1-19(2,3)15-8-6-14(7-9-15)17(24)23-22-12-13-4-10-16(11-5-13)25-18(20)21/h4-12,18H,1-3H3,(H,23,24)/b22-12+. The van der Waals surface area contributed by atoms with Crippen LogP contribution in [0.3, 0.4) is 0 Å². The molecule has 0 heterocycles. The summed E-state index contributed by atoms with van der Waals surface area (Å²) < 4.78 is 28.4. The van der Waals surface area contributed by atoms with Crippen LogP contribution in [0.5, 0.6) is 5.75 Å². The number of nitrogens with one attached hydrogen (secondary N) is 1. The molecule has 2 rings (SSSR count). The van der Waals surface area contributed by atoms with Crippen LogP contribution < -0.4 is 10.2 Å². The van der Waals surface area contributed by atoms with Crippen molar-refractivity contribution in [2.45, 2.75) is 32.8 Å². The molecule has 0 aromatic heterocycles. The third kappa shape index (κ3) is 5.67. The summed E-state index contributed by atoms with van der Waals surface area (Å²) in [6.45, 7) is 3.45. The summed E-state index contributed by atoms with van der Waals surface area (Å²) in [5.74, 6) is -0.260. The minimum atomic E-state index is -2.86. The first-order valence-electron chi connectivity index (χ1n) is 7.74. The van der Waals surface area contributed by atoms with Crippen LogP contribution >= 0.6 is 0 Å². The molecule has 4 nitrogen and oxygen atoms in total. The molecule has 0 aliphatic heterocycles. The number of ether oxygens (including phenoxy) is 1. The van der Waals surface area contributed by atoms with Gasteiger partial charge in [-0.1, -0.05) is 32.9 Å². The van der Waals surface area contributed by atoms with Crippen LogP contribution in [0.15, 0.2) is 53.6 Å². The molecule has 0 aliphatic carbocycles. The predicted molar refractivity (Wildman–Crippen MR) is 93.3 cm³/mol. The SMILES string of the molecule is CC(C)(C)c1ccc(C(=O)N/N=C/c2ccc(OC(F)F)cc2)cc1. The highest BCUT2D eigenvalue weighted by atomic mass is 19.3. The maximum atomic E-state index is 12.1. The monoisotopic (exact) mass is 346 g/mol. The number of amides is 1. The lowest BCUT2D eigenvalue weighted by Gasteiger charge is -2.18. The van der Waals surface area contributed by atoms with Gasteiger partial charge in [-0.2, -0.15) is 13.9 Å². The highest BCUT2D eigenvalue weighted by Crippen LogP contribution is 2.22. The molecule has 0 fully saturated rings. The second-order valence-electron chi connectivity index (χ2n) is 6.47. The molecule has 0 bridgehead atoms. The molecule has 6 heteroatoms. The number of hydrogen-bond acceptors (Lipinski definition) is 3. The Bertz CT molecular complexity index is 734. The van der Waals surface area contributed by atoms with Gasteiger partial charge in [-0.15, -0.1) is 0 Å². The molecule has 0 atom stereocenters. The number of hydrogen-bond donors (Lipinski definition) is 1. The Balaban J connectivity index is 1.94. The number of halogens is 2. The molecule has 0 aliphatic rings. The average molecular weight is 346 g/mol. The van der Waals surface area contributed by atoms with Crippen molar-refractivity contribution in [3.8, 4) is 5.75 Å². The molecule has 25 heavy (non-hydrogen) atoms. The van der Waals surface area contributed by atoms with Crippen LogP contribution in [0.25, 0.3) is 0 Å². The average Bonchev–Trinajstić information content (AvgIpc) is 2.55. The Morgan fingerprint density at radius 3 is 2.20 bits per heavy atom. The second kappa shape index (κ2) is 7.88. The molecule has 0 spiro atoms. The van der Waals surface area contributed by atoms with Crippen LogP contribution in [0.4, 0.5) is 8.78 Å². The van der Waals surface area contributed by atoms with E-state index in [1.807, 2.05) is 12.1 Å². The summed E-state index contributed by atoms with van der Waals surface area (Å²) in [6.07, 6.45) is 1.42. The number of benzene rings is 2. The van der Waals surface area contributed by atoms with Crippen LogP contribution in [0.2, 0.25) is 0 Å². The fraction of sp³-hybridized carbons (Fsp3) is 0.263. The topological polar surface area (TPSA) is 50.7 Å². The summed E-state index contributed by atoms with van der Waals surface area (Å²) in [7, 11) is 0. The lowest BCUT2D eigenvalue weighted by Crippen LogP contribution is -2.18. The van der Waals surface area contributed by atoms with Crippen molar-refractivity contribution < 1.29 is 18.3 Å². The normalized spacial score (nSPS) is 11.8.